The summed E-state index contributed by atoms with van der Waals surface area (Å²) in [5, 5.41) is 9.66. The molecule has 0 saturated heterocycles. The molecular formula is C21H32N2O6S2. The third-order valence-corrected chi connectivity index (χ3v) is 8.48. The van der Waals surface area contributed by atoms with Gasteiger partial charge < -0.3 is 9.84 Å². The van der Waals surface area contributed by atoms with Crippen molar-refractivity contribution in [2.75, 3.05) is 33.0 Å². The molecule has 0 aromatic heterocycles. The van der Waals surface area contributed by atoms with Crippen molar-refractivity contribution in [2.45, 2.75) is 44.7 Å². The average molecular weight is 473 g/mol. The van der Waals surface area contributed by atoms with Crippen molar-refractivity contribution in [2.24, 2.45) is 11.8 Å². The molecule has 31 heavy (non-hydrogen) atoms. The number of hydrogen-bond donors (Lipinski definition) is 1. The van der Waals surface area contributed by atoms with Crippen LogP contribution in [0.1, 0.15) is 33.3 Å². The Labute approximate surface area is 186 Å². The number of likely N-dealkylation sites (N-methyl/N-ethyl adjacent to an activating group) is 1. The number of aliphatic hydroxyl groups excluding tert-OH is 1. The van der Waals surface area contributed by atoms with Gasteiger partial charge in [0.2, 0.25) is 20.0 Å². The first kappa shape index (κ1) is 25.6. The van der Waals surface area contributed by atoms with E-state index in [9.17, 15) is 21.9 Å². The summed E-state index contributed by atoms with van der Waals surface area (Å²) < 4.78 is 59.2. The Morgan fingerprint density at radius 1 is 1.32 bits per heavy atom. The lowest BCUT2D eigenvalue weighted by atomic mass is 10.0. The predicted molar refractivity (Wildman–Crippen MR) is 120 cm³/mol. The van der Waals surface area contributed by atoms with Gasteiger partial charge in [-0.1, -0.05) is 32.6 Å². The minimum Gasteiger partial charge on any atom is -0.487 e. The van der Waals surface area contributed by atoms with Crippen LogP contribution in [0.15, 0.2) is 23.1 Å². The Morgan fingerprint density at radius 2 is 1.97 bits per heavy atom. The van der Waals surface area contributed by atoms with Crippen molar-refractivity contribution < 1.29 is 26.7 Å². The van der Waals surface area contributed by atoms with Crippen LogP contribution < -0.4 is 4.74 Å². The highest BCUT2D eigenvalue weighted by atomic mass is 32.2. The first-order valence-corrected chi connectivity index (χ1v) is 13.4. The summed E-state index contributed by atoms with van der Waals surface area (Å²) in [5.41, 5.74) is 0.604. The summed E-state index contributed by atoms with van der Waals surface area (Å²) in [6, 6.07) is 4.02. The van der Waals surface area contributed by atoms with E-state index in [0.717, 1.165) is 6.26 Å². The highest BCUT2D eigenvalue weighted by Crippen LogP contribution is 2.34. The zero-order valence-corrected chi connectivity index (χ0v) is 20.5. The van der Waals surface area contributed by atoms with Crippen LogP contribution in [-0.2, 0) is 20.0 Å². The molecule has 0 spiro atoms. The normalized spacial score (nSPS) is 22.6. The standard InChI is InChI=1S/C21H32N2O6S2/c1-15(2)7-8-18-9-10-21-19(11-18)29-20(13-22(5)30(6,25)26)16(3)12-23(17(4)14-24)31(21,27)28/h9-11,15-17,20,24H,12-14H2,1-6H3/t16-,17+,20-/m0/s1. The second kappa shape index (κ2) is 9.88. The Hall–Kier alpha value is -1.64. The maximum absolute atomic E-state index is 13.4. The highest BCUT2D eigenvalue weighted by molar-refractivity contribution is 7.89. The molecule has 1 aromatic carbocycles. The molecule has 0 saturated carbocycles. The van der Waals surface area contributed by atoms with Gasteiger partial charge in [0.25, 0.3) is 0 Å². The Kier molecular flexibility index (Phi) is 8.16. The van der Waals surface area contributed by atoms with Gasteiger partial charge in [0.05, 0.1) is 19.4 Å². The smallest absolute Gasteiger partial charge is 0.247 e. The molecule has 10 heteroatoms. The van der Waals surface area contributed by atoms with Gasteiger partial charge in [-0.3, -0.25) is 0 Å². The van der Waals surface area contributed by atoms with Gasteiger partial charge in [-0.2, -0.15) is 4.31 Å². The number of ether oxygens (including phenoxy) is 1. The topological polar surface area (TPSA) is 104 Å². The third kappa shape index (κ3) is 6.20. The van der Waals surface area contributed by atoms with Gasteiger partial charge >= 0.3 is 0 Å². The molecule has 0 fully saturated rings. The zero-order valence-electron chi connectivity index (χ0n) is 18.9. The van der Waals surface area contributed by atoms with Crippen LogP contribution in [0.3, 0.4) is 0 Å². The number of sulfonamides is 2. The third-order valence-electron chi connectivity index (χ3n) is 5.18. The average Bonchev–Trinajstić information content (AvgIpc) is 2.67. The lowest BCUT2D eigenvalue weighted by molar-refractivity contribution is 0.0905. The molecule has 2 rings (SSSR count). The molecule has 0 unspecified atom stereocenters. The Balaban J connectivity index is 2.62. The predicted octanol–water partition coefficient (Wildman–Crippen LogP) is 1.35. The summed E-state index contributed by atoms with van der Waals surface area (Å²) in [4.78, 5) is -0.0261. The fourth-order valence-electron chi connectivity index (χ4n) is 3.14. The van der Waals surface area contributed by atoms with Crippen molar-refractivity contribution >= 4 is 20.0 Å². The van der Waals surface area contributed by atoms with Crippen LogP contribution >= 0.6 is 0 Å². The Morgan fingerprint density at radius 3 is 2.52 bits per heavy atom. The monoisotopic (exact) mass is 472 g/mol. The van der Waals surface area contributed by atoms with Crippen LogP contribution in [0.4, 0.5) is 0 Å². The molecule has 0 radical (unpaired) electrons. The summed E-state index contributed by atoms with van der Waals surface area (Å²) in [6.45, 7) is 7.15. The molecule has 1 aliphatic heterocycles. The Bertz CT molecular complexity index is 1060. The fourth-order valence-corrected chi connectivity index (χ4v) is 5.38. The molecule has 1 aromatic rings. The number of aliphatic hydroxyl groups is 1. The molecule has 8 nitrogen and oxygen atoms in total. The van der Waals surface area contributed by atoms with E-state index in [1.54, 1.807) is 26.0 Å². The van der Waals surface area contributed by atoms with Crippen LogP contribution in [0, 0.1) is 23.7 Å². The van der Waals surface area contributed by atoms with E-state index in [4.69, 9.17) is 4.74 Å². The molecule has 1 N–H and O–H groups in total. The molecule has 174 valence electrons. The maximum atomic E-state index is 13.4. The first-order valence-electron chi connectivity index (χ1n) is 10.1. The molecule has 0 amide bonds. The number of nitrogens with zero attached hydrogens (tertiary/aromatic N) is 2. The van der Waals surface area contributed by atoms with Crippen molar-refractivity contribution in [1.82, 2.24) is 8.61 Å². The van der Waals surface area contributed by atoms with E-state index in [1.807, 2.05) is 13.8 Å². The van der Waals surface area contributed by atoms with Crippen LogP contribution in [0.25, 0.3) is 0 Å². The van der Waals surface area contributed by atoms with Crippen LogP contribution in [0.5, 0.6) is 5.75 Å². The number of hydrogen-bond acceptors (Lipinski definition) is 6. The van der Waals surface area contributed by atoms with E-state index in [2.05, 4.69) is 11.8 Å². The van der Waals surface area contributed by atoms with Crippen molar-refractivity contribution in [1.29, 1.82) is 0 Å². The SMILES string of the molecule is CC(C)C#Cc1ccc2c(c1)O[C@@H](CN(C)S(C)(=O)=O)[C@@H](C)CN([C@H](C)CO)S2(=O)=O. The molecule has 0 aliphatic carbocycles. The lowest BCUT2D eigenvalue weighted by Gasteiger charge is -2.37. The summed E-state index contributed by atoms with van der Waals surface area (Å²) in [5.74, 6) is 5.98. The molecule has 1 heterocycles. The van der Waals surface area contributed by atoms with E-state index >= 15 is 0 Å². The minimum atomic E-state index is -3.95. The van der Waals surface area contributed by atoms with Gasteiger partial charge in [-0.15, -0.1) is 0 Å². The number of benzene rings is 1. The summed E-state index contributed by atoms with van der Waals surface area (Å²) in [6.07, 6.45) is 0.509. The molecule has 3 atom stereocenters. The molecular weight excluding hydrogens is 440 g/mol. The largest absolute Gasteiger partial charge is 0.487 e. The van der Waals surface area contributed by atoms with Crippen LogP contribution in [0.2, 0.25) is 0 Å². The van der Waals surface area contributed by atoms with Crippen molar-refractivity contribution in [3.8, 4) is 17.6 Å². The highest BCUT2D eigenvalue weighted by Gasteiger charge is 2.38. The van der Waals surface area contributed by atoms with E-state index in [0.29, 0.717) is 5.56 Å². The van der Waals surface area contributed by atoms with Gasteiger partial charge in [-0.05, 0) is 25.1 Å². The van der Waals surface area contributed by atoms with Gasteiger partial charge in [0, 0.05) is 37.0 Å². The molecule has 0 bridgehead atoms. The second-order valence-corrected chi connectivity index (χ2v) is 12.3. The summed E-state index contributed by atoms with van der Waals surface area (Å²) in [7, 11) is -5.94. The van der Waals surface area contributed by atoms with E-state index < -0.39 is 32.2 Å². The van der Waals surface area contributed by atoms with Crippen molar-refractivity contribution in [3.05, 3.63) is 23.8 Å². The van der Waals surface area contributed by atoms with E-state index in [-0.39, 0.29) is 42.2 Å². The number of fused-ring (bicyclic) bond motifs is 1. The van der Waals surface area contributed by atoms with Gasteiger partial charge in [0.15, 0.2) is 0 Å². The van der Waals surface area contributed by atoms with Crippen molar-refractivity contribution in [3.63, 3.8) is 0 Å². The lowest BCUT2D eigenvalue weighted by Crippen LogP contribution is -2.50. The number of rotatable bonds is 5. The maximum Gasteiger partial charge on any atom is 0.247 e. The first-order chi connectivity index (χ1) is 14.3. The quantitative estimate of drug-likeness (QED) is 0.649. The second-order valence-electron chi connectivity index (χ2n) is 8.37. The zero-order chi connectivity index (χ0) is 23.6. The summed E-state index contributed by atoms with van der Waals surface area (Å²) >= 11 is 0. The fraction of sp³-hybridized carbons (Fsp3) is 0.619. The minimum absolute atomic E-state index is 0.0261. The van der Waals surface area contributed by atoms with E-state index in [1.165, 1.54) is 21.7 Å². The van der Waals surface area contributed by atoms with Gasteiger partial charge in [-0.25, -0.2) is 21.1 Å². The van der Waals surface area contributed by atoms with Gasteiger partial charge in [0.1, 0.15) is 16.7 Å². The van der Waals surface area contributed by atoms with Crippen LogP contribution in [-0.4, -0.2) is 75.7 Å². The molecule has 1 aliphatic rings.